The van der Waals surface area contributed by atoms with Crippen molar-refractivity contribution in [3.8, 4) is 10.4 Å². The van der Waals surface area contributed by atoms with E-state index in [1.54, 1.807) is 0 Å². The lowest BCUT2D eigenvalue weighted by Gasteiger charge is -1.98. The number of halogens is 1. The van der Waals surface area contributed by atoms with Crippen LogP contribution in [0.15, 0.2) is 30.3 Å². The summed E-state index contributed by atoms with van der Waals surface area (Å²) in [6, 6.07) is 10.0. The van der Waals surface area contributed by atoms with Crippen molar-refractivity contribution in [2.45, 2.75) is 6.61 Å². The Bertz CT molecular complexity index is 484. The van der Waals surface area contributed by atoms with Crippen molar-refractivity contribution >= 4 is 40.6 Å². The van der Waals surface area contributed by atoms with Crippen LogP contribution in [0.3, 0.4) is 0 Å². The molecular formula is C11H8INO2S. The number of benzene rings is 1. The normalized spacial score (nSPS) is 10.1. The van der Waals surface area contributed by atoms with Gasteiger partial charge in [0.1, 0.15) is 12.3 Å². The molecule has 0 saturated heterocycles. The van der Waals surface area contributed by atoms with Crippen molar-refractivity contribution in [3.05, 3.63) is 39.6 Å². The number of aromatic nitrogens is 1. The van der Waals surface area contributed by atoms with E-state index in [-0.39, 0.29) is 6.61 Å². The maximum atomic E-state index is 10.1. The Hall–Kier alpha value is -0.950. The second kappa shape index (κ2) is 5.40. The predicted molar refractivity (Wildman–Crippen MR) is 71.1 cm³/mol. The first kappa shape index (κ1) is 11.5. The molecule has 2 rings (SSSR count). The standard InChI is InChI=1S/C11H8INO2S/c12-10-9(6-15-7-14)13-16-11(10)8-4-2-1-3-5-8/h1-5,7H,6H2. The summed E-state index contributed by atoms with van der Waals surface area (Å²) in [5.41, 5.74) is 1.96. The number of nitrogens with zero attached hydrogens (tertiary/aromatic N) is 1. The van der Waals surface area contributed by atoms with E-state index in [1.165, 1.54) is 11.5 Å². The van der Waals surface area contributed by atoms with E-state index < -0.39 is 0 Å². The van der Waals surface area contributed by atoms with Crippen LogP contribution in [-0.4, -0.2) is 10.8 Å². The van der Waals surface area contributed by atoms with Gasteiger partial charge in [-0.3, -0.25) is 4.79 Å². The summed E-state index contributed by atoms with van der Waals surface area (Å²) in [4.78, 5) is 11.2. The fourth-order valence-corrected chi connectivity index (χ4v) is 3.12. The lowest BCUT2D eigenvalue weighted by molar-refractivity contribution is -0.129. The minimum atomic E-state index is 0.241. The van der Waals surface area contributed by atoms with Crippen LogP contribution in [0.1, 0.15) is 5.69 Å². The minimum absolute atomic E-state index is 0.241. The van der Waals surface area contributed by atoms with E-state index in [1.807, 2.05) is 30.3 Å². The Labute approximate surface area is 111 Å². The molecule has 0 saturated carbocycles. The topological polar surface area (TPSA) is 39.2 Å². The van der Waals surface area contributed by atoms with Gasteiger partial charge in [-0.05, 0) is 39.7 Å². The van der Waals surface area contributed by atoms with Gasteiger partial charge in [-0.15, -0.1) is 0 Å². The average Bonchev–Trinajstić information content (AvgIpc) is 2.69. The molecule has 0 aliphatic rings. The van der Waals surface area contributed by atoms with Crippen LogP contribution in [0.5, 0.6) is 0 Å². The number of hydrogen-bond acceptors (Lipinski definition) is 4. The van der Waals surface area contributed by atoms with Crippen LogP contribution in [-0.2, 0) is 16.1 Å². The molecular weight excluding hydrogens is 337 g/mol. The molecule has 3 nitrogen and oxygen atoms in total. The quantitative estimate of drug-likeness (QED) is 0.632. The van der Waals surface area contributed by atoms with E-state index >= 15 is 0 Å². The summed E-state index contributed by atoms with van der Waals surface area (Å²) in [5, 5.41) is 0. The smallest absolute Gasteiger partial charge is 0.293 e. The molecule has 0 aliphatic heterocycles. The highest BCUT2D eigenvalue weighted by Crippen LogP contribution is 2.31. The van der Waals surface area contributed by atoms with Gasteiger partial charge in [-0.25, -0.2) is 0 Å². The van der Waals surface area contributed by atoms with Crippen LogP contribution in [0, 0.1) is 3.57 Å². The van der Waals surface area contributed by atoms with Crippen LogP contribution in [0.25, 0.3) is 10.4 Å². The van der Waals surface area contributed by atoms with Crippen LogP contribution < -0.4 is 0 Å². The second-order valence-electron chi connectivity index (χ2n) is 3.05. The van der Waals surface area contributed by atoms with Gasteiger partial charge in [0.05, 0.1) is 8.45 Å². The predicted octanol–water partition coefficient (Wildman–Crippen LogP) is 3.09. The molecule has 0 fully saturated rings. The lowest BCUT2D eigenvalue weighted by atomic mass is 10.2. The molecule has 0 bridgehead atoms. The first-order chi connectivity index (χ1) is 7.83. The average molecular weight is 345 g/mol. The number of ether oxygens (including phenoxy) is 1. The first-order valence-electron chi connectivity index (χ1n) is 4.57. The fraction of sp³-hybridized carbons (Fsp3) is 0.0909. The van der Waals surface area contributed by atoms with E-state index in [2.05, 4.69) is 27.0 Å². The first-order valence-corrected chi connectivity index (χ1v) is 6.43. The van der Waals surface area contributed by atoms with Crippen LogP contribution in [0.4, 0.5) is 0 Å². The Morgan fingerprint density at radius 3 is 2.81 bits per heavy atom. The Morgan fingerprint density at radius 1 is 1.38 bits per heavy atom. The molecule has 0 unspecified atom stereocenters. The van der Waals surface area contributed by atoms with Gasteiger partial charge in [-0.2, -0.15) is 4.37 Å². The van der Waals surface area contributed by atoms with Crippen molar-refractivity contribution in [2.24, 2.45) is 0 Å². The van der Waals surface area contributed by atoms with Crippen molar-refractivity contribution in [1.82, 2.24) is 4.37 Å². The van der Waals surface area contributed by atoms with E-state index in [9.17, 15) is 4.79 Å². The summed E-state index contributed by atoms with van der Waals surface area (Å²) in [5.74, 6) is 0. The van der Waals surface area contributed by atoms with Crippen molar-refractivity contribution in [2.75, 3.05) is 0 Å². The lowest BCUT2D eigenvalue weighted by Crippen LogP contribution is -1.92. The molecule has 5 heteroatoms. The molecule has 16 heavy (non-hydrogen) atoms. The molecule has 0 amide bonds. The molecule has 0 spiro atoms. The molecule has 1 heterocycles. The number of hydrogen-bond donors (Lipinski definition) is 0. The third-order valence-corrected chi connectivity index (χ3v) is 4.49. The zero-order valence-electron chi connectivity index (χ0n) is 8.22. The number of carbonyl (C=O) groups excluding carboxylic acids is 1. The van der Waals surface area contributed by atoms with E-state index in [0.717, 1.165) is 19.7 Å². The van der Waals surface area contributed by atoms with E-state index in [0.29, 0.717) is 6.47 Å². The number of rotatable bonds is 4. The van der Waals surface area contributed by atoms with Crippen LogP contribution in [0.2, 0.25) is 0 Å². The number of carbonyl (C=O) groups is 1. The maximum absolute atomic E-state index is 10.1. The van der Waals surface area contributed by atoms with Gasteiger partial charge in [0.15, 0.2) is 0 Å². The Morgan fingerprint density at radius 2 is 2.12 bits per heavy atom. The Balaban J connectivity index is 2.30. The van der Waals surface area contributed by atoms with Gasteiger partial charge < -0.3 is 4.74 Å². The third kappa shape index (κ3) is 2.41. The molecule has 2 aromatic rings. The largest absolute Gasteiger partial charge is 0.461 e. The van der Waals surface area contributed by atoms with Crippen molar-refractivity contribution in [3.63, 3.8) is 0 Å². The van der Waals surface area contributed by atoms with Gasteiger partial charge in [0.2, 0.25) is 0 Å². The van der Waals surface area contributed by atoms with Gasteiger partial charge in [0.25, 0.3) is 6.47 Å². The maximum Gasteiger partial charge on any atom is 0.293 e. The molecule has 0 aliphatic carbocycles. The van der Waals surface area contributed by atoms with Gasteiger partial charge >= 0.3 is 0 Å². The van der Waals surface area contributed by atoms with Gasteiger partial charge in [-0.1, -0.05) is 30.3 Å². The van der Waals surface area contributed by atoms with Gasteiger partial charge in [0, 0.05) is 0 Å². The monoisotopic (exact) mass is 345 g/mol. The highest BCUT2D eigenvalue weighted by atomic mass is 127. The molecule has 0 radical (unpaired) electrons. The van der Waals surface area contributed by atoms with Crippen molar-refractivity contribution in [1.29, 1.82) is 0 Å². The molecule has 82 valence electrons. The summed E-state index contributed by atoms with van der Waals surface area (Å²) in [6.45, 7) is 0.683. The highest BCUT2D eigenvalue weighted by molar-refractivity contribution is 14.1. The summed E-state index contributed by atoms with van der Waals surface area (Å²) in [6.07, 6.45) is 0. The highest BCUT2D eigenvalue weighted by Gasteiger charge is 2.12. The zero-order valence-corrected chi connectivity index (χ0v) is 11.2. The SMILES string of the molecule is O=COCc1nsc(-c2ccccc2)c1I. The fourth-order valence-electron chi connectivity index (χ4n) is 1.28. The summed E-state index contributed by atoms with van der Waals surface area (Å²) >= 11 is 3.66. The molecule has 0 N–H and O–H groups in total. The summed E-state index contributed by atoms with van der Waals surface area (Å²) in [7, 11) is 0. The zero-order chi connectivity index (χ0) is 11.4. The van der Waals surface area contributed by atoms with E-state index in [4.69, 9.17) is 4.74 Å². The van der Waals surface area contributed by atoms with Crippen LogP contribution >= 0.6 is 34.1 Å². The molecule has 1 aromatic heterocycles. The van der Waals surface area contributed by atoms with Crippen molar-refractivity contribution < 1.29 is 9.53 Å². The summed E-state index contributed by atoms with van der Waals surface area (Å²) < 4.78 is 10.0. The minimum Gasteiger partial charge on any atom is -0.461 e. The Kier molecular flexibility index (Phi) is 3.89. The second-order valence-corrected chi connectivity index (χ2v) is 4.90. The molecule has 0 atom stereocenters. The molecule has 1 aromatic carbocycles. The third-order valence-electron chi connectivity index (χ3n) is 2.02.